The minimum Gasteiger partial charge on any atom is -0.409 e. The van der Waals surface area contributed by atoms with Gasteiger partial charge in [0.05, 0.1) is 9.92 Å². The first kappa shape index (κ1) is 14.5. The highest BCUT2D eigenvalue weighted by Crippen LogP contribution is 2.35. The van der Waals surface area contributed by atoms with Gasteiger partial charge in [-0.25, -0.2) is 13.8 Å². The molecule has 0 fully saturated rings. The molecule has 4 nitrogen and oxygen atoms in total. The van der Waals surface area contributed by atoms with Gasteiger partial charge in [0.25, 0.3) is 0 Å². The zero-order chi connectivity index (χ0) is 14.7. The van der Waals surface area contributed by atoms with Gasteiger partial charge in [-0.1, -0.05) is 28.5 Å². The second-order valence-corrected chi connectivity index (χ2v) is 5.05. The van der Waals surface area contributed by atoms with E-state index in [4.69, 9.17) is 22.5 Å². The predicted octanol–water partition coefficient (Wildman–Crippen LogP) is 3.26. The van der Waals surface area contributed by atoms with E-state index in [2.05, 4.69) is 10.1 Å². The minimum absolute atomic E-state index is 0.0565. The molecule has 0 amide bonds. The lowest BCUT2D eigenvalue weighted by atomic mass is 10.2. The quantitative estimate of drug-likeness (QED) is 0.395. The van der Waals surface area contributed by atoms with Gasteiger partial charge in [-0.05, 0) is 24.3 Å². The van der Waals surface area contributed by atoms with Crippen molar-refractivity contribution in [2.75, 3.05) is 0 Å². The van der Waals surface area contributed by atoms with Crippen molar-refractivity contribution >= 4 is 29.2 Å². The Bertz CT molecular complexity index is 658. The van der Waals surface area contributed by atoms with Gasteiger partial charge in [0.2, 0.25) is 0 Å². The molecule has 8 heteroatoms. The second kappa shape index (κ2) is 6.06. The molecule has 0 aliphatic carbocycles. The van der Waals surface area contributed by atoms with Crippen LogP contribution in [-0.2, 0) is 0 Å². The van der Waals surface area contributed by atoms with Crippen LogP contribution in [0.3, 0.4) is 0 Å². The van der Waals surface area contributed by atoms with Crippen LogP contribution in [0.4, 0.5) is 8.78 Å². The summed E-state index contributed by atoms with van der Waals surface area (Å²) in [6.45, 7) is 0. The number of amidine groups is 1. The number of halogens is 3. The first-order valence-corrected chi connectivity index (χ1v) is 6.47. The van der Waals surface area contributed by atoms with Crippen LogP contribution in [0.25, 0.3) is 0 Å². The molecule has 0 aliphatic heterocycles. The van der Waals surface area contributed by atoms with E-state index in [-0.39, 0.29) is 26.3 Å². The van der Waals surface area contributed by atoms with Crippen LogP contribution in [0.5, 0.6) is 0 Å². The Balaban J connectivity index is 2.41. The van der Waals surface area contributed by atoms with Gasteiger partial charge >= 0.3 is 0 Å². The highest BCUT2D eigenvalue weighted by Gasteiger charge is 2.16. The number of benzene rings is 1. The molecule has 0 radical (unpaired) electrons. The van der Waals surface area contributed by atoms with E-state index < -0.39 is 11.6 Å². The summed E-state index contributed by atoms with van der Waals surface area (Å²) in [5.74, 6) is -2.08. The molecule has 3 N–H and O–H groups in total. The molecule has 2 rings (SSSR count). The van der Waals surface area contributed by atoms with Gasteiger partial charge in [0, 0.05) is 11.8 Å². The minimum atomic E-state index is -0.849. The molecule has 0 bridgehead atoms. The number of nitrogens with two attached hydrogens (primary N) is 1. The third-order valence-corrected chi connectivity index (χ3v) is 3.86. The number of hydrogen-bond donors (Lipinski definition) is 2. The van der Waals surface area contributed by atoms with Gasteiger partial charge in [-0.2, -0.15) is 0 Å². The monoisotopic (exact) mass is 315 g/mol. The van der Waals surface area contributed by atoms with Crippen LogP contribution < -0.4 is 5.73 Å². The number of rotatable bonds is 3. The zero-order valence-electron chi connectivity index (χ0n) is 9.85. The number of hydrogen-bond acceptors (Lipinski definition) is 4. The van der Waals surface area contributed by atoms with Gasteiger partial charge in [-0.3, -0.25) is 0 Å². The number of pyridine rings is 1. The van der Waals surface area contributed by atoms with Crippen LogP contribution in [-0.4, -0.2) is 16.0 Å². The lowest BCUT2D eigenvalue weighted by molar-refractivity contribution is 0.318. The van der Waals surface area contributed by atoms with Crippen molar-refractivity contribution in [3.63, 3.8) is 0 Å². The molecule has 0 atom stereocenters. The van der Waals surface area contributed by atoms with Crippen LogP contribution in [0.2, 0.25) is 5.02 Å². The first-order chi connectivity index (χ1) is 9.52. The predicted molar refractivity (Wildman–Crippen MR) is 72.2 cm³/mol. The summed E-state index contributed by atoms with van der Waals surface area (Å²) < 4.78 is 27.8. The molecular formula is C12H8ClF2N3OS. The van der Waals surface area contributed by atoms with Crippen molar-refractivity contribution in [3.05, 3.63) is 52.7 Å². The standard InChI is InChI=1S/C12H8ClF2N3OS/c13-7-2-1-3-17-12(7)20-10-8(14)4-6(5-9(10)15)11(16)18-19/h1-5,19H,(H2,16,18). The van der Waals surface area contributed by atoms with Crippen molar-refractivity contribution in [2.45, 2.75) is 9.92 Å². The highest BCUT2D eigenvalue weighted by molar-refractivity contribution is 7.99. The Morgan fingerprint density at radius 3 is 2.55 bits per heavy atom. The number of nitrogens with zero attached hydrogens (tertiary/aromatic N) is 2. The highest BCUT2D eigenvalue weighted by atomic mass is 35.5. The maximum absolute atomic E-state index is 13.9. The summed E-state index contributed by atoms with van der Waals surface area (Å²) in [5.41, 5.74) is 5.23. The third-order valence-electron chi connectivity index (χ3n) is 2.33. The summed E-state index contributed by atoms with van der Waals surface area (Å²) in [6.07, 6.45) is 1.47. The summed E-state index contributed by atoms with van der Waals surface area (Å²) in [7, 11) is 0. The zero-order valence-corrected chi connectivity index (χ0v) is 11.4. The molecule has 0 saturated carbocycles. The summed E-state index contributed by atoms with van der Waals surface area (Å²) in [5, 5.41) is 11.8. The van der Waals surface area contributed by atoms with Crippen LogP contribution >= 0.6 is 23.4 Å². The number of aromatic nitrogens is 1. The molecule has 0 aliphatic rings. The average Bonchev–Trinajstić information content (AvgIpc) is 2.43. The molecule has 0 saturated heterocycles. The van der Waals surface area contributed by atoms with E-state index >= 15 is 0 Å². The summed E-state index contributed by atoms with van der Waals surface area (Å²) >= 11 is 6.64. The van der Waals surface area contributed by atoms with Gasteiger partial charge in [-0.15, -0.1) is 0 Å². The van der Waals surface area contributed by atoms with Crippen molar-refractivity contribution < 1.29 is 14.0 Å². The first-order valence-electron chi connectivity index (χ1n) is 5.28. The van der Waals surface area contributed by atoms with E-state index in [9.17, 15) is 8.78 Å². The van der Waals surface area contributed by atoms with E-state index in [1.54, 1.807) is 12.1 Å². The molecule has 1 aromatic carbocycles. The Morgan fingerprint density at radius 2 is 2.00 bits per heavy atom. The Morgan fingerprint density at radius 1 is 1.35 bits per heavy atom. The molecule has 104 valence electrons. The number of oxime groups is 1. The molecule has 0 spiro atoms. The van der Waals surface area contributed by atoms with Gasteiger partial charge in [0.15, 0.2) is 5.84 Å². The second-order valence-electron chi connectivity index (χ2n) is 3.65. The average molecular weight is 316 g/mol. The van der Waals surface area contributed by atoms with E-state index in [0.29, 0.717) is 0 Å². The molecule has 1 heterocycles. The van der Waals surface area contributed by atoms with E-state index in [0.717, 1.165) is 23.9 Å². The summed E-state index contributed by atoms with van der Waals surface area (Å²) in [6, 6.07) is 5.12. The van der Waals surface area contributed by atoms with Gasteiger partial charge in [0.1, 0.15) is 16.7 Å². The maximum atomic E-state index is 13.9. The molecule has 1 aromatic heterocycles. The molecule has 20 heavy (non-hydrogen) atoms. The smallest absolute Gasteiger partial charge is 0.170 e. The Hall–Kier alpha value is -1.86. The van der Waals surface area contributed by atoms with Crippen LogP contribution in [0, 0.1) is 11.6 Å². The topological polar surface area (TPSA) is 71.5 Å². The fraction of sp³-hybridized carbons (Fsp3) is 0. The van der Waals surface area contributed by atoms with Crippen molar-refractivity contribution in [2.24, 2.45) is 10.9 Å². The van der Waals surface area contributed by atoms with Crippen LogP contribution in [0.15, 0.2) is 45.5 Å². The maximum Gasteiger partial charge on any atom is 0.170 e. The van der Waals surface area contributed by atoms with Gasteiger partial charge < -0.3 is 10.9 Å². The van der Waals surface area contributed by atoms with E-state index in [1.165, 1.54) is 6.20 Å². The normalized spacial score (nSPS) is 11.7. The van der Waals surface area contributed by atoms with Crippen molar-refractivity contribution in [1.29, 1.82) is 0 Å². The van der Waals surface area contributed by atoms with Crippen LogP contribution in [0.1, 0.15) is 5.56 Å². The fourth-order valence-electron chi connectivity index (χ4n) is 1.41. The molecular weight excluding hydrogens is 308 g/mol. The SMILES string of the molecule is N/C(=N/O)c1cc(F)c(Sc2ncccc2Cl)c(F)c1. The molecule has 2 aromatic rings. The third kappa shape index (κ3) is 3.00. The largest absolute Gasteiger partial charge is 0.409 e. The van der Waals surface area contributed by atoms with Crippen molar-refractivity contribution in [3.8, 4) is 0 Å². The summed E-state index contributed by atoms with van der Waals surface area (Å²) in [4.78, 5) is 3.67. The lowest BCUT2D eigenvalue weighted by Gasteiger charge is -2.07. The van der Waals surface area contributed by atoms with E-state index in [1.807, 2.05) is 0 Å². The Kier molecular flexibility index (Phi) is 4.41. The Labute approximate surface area is 122 Å². The fourth-order valence-corrected chi connectivity index (χ4v) is 2.43. The lowest BCUT2D eigenvalue weighted by Crippen LogP contribution is -2.14. The van der Waals surface area contributed by atoms with Crippen molar-refractivity contribution in [1.82, 2.24) is 4.98 Å². The molecule has 0 unspecified atom stereocenters.